The van der Waals surface area contributed by atoms with Crippen molar-refractivity contribution < 1.29 is 12.8 Å². The molecule has 6 heteroatoms. The van der Waals surface area contributed by atoms with Crippen LogP contribution < -0.4 is 9.62 Å². The van der Waals surface area contributed by atoms with Gasteiger partial charge in [-0.2, -0.15) is 0 Å². The molecule has 0 radical (unpaired) electrons. The first-order chi connectivity index (χ1) is 10.4. The van der Waals surface area contributed by atoms with Crippen molar-refractivity contribution in [3.05, 3.63) is 53.3 Å². The molecule has 3 rings (SSSR count). The highest BCUT2D eigenvalue weighted by Gasteiger charge is 2.20. The van der Waals surface area contributed by atoms with Gasteiger partial charge in [-0.15, -0.1) is 0 Å². The van der Waals surface area contributed by atoms with Crippen LogP contribution in [0.1, 0.15) is 11.1 Å². The third-order valence-electron chi connectivity index (χ3n) is 3.89. The third kappa shape index (κ3) is 2.66. The Morgan fingerprint density at radius 3 is 2.68 bits per heavy atom. The number of nitrogens with one attached hydrogen (secondary N) is 1. The summed E-state index contributed by atoms with van der Waals surface area (Å²) in [6.45, 7) is 2.51. The lowest BCUT2D eigenvalue weighted by Crippen LogP contribution is -2.15. The van der Waals surface area contributed by atoms with Crippen LogP contribution in [0.2, 0.25) is 0 Å². The molecule has 0 unspecified atom stereocenters. The molecule has 0 fully saturated rings. The van der Waals surface area contributed by atoms with Gasteiger partial charge in [0.15, 0.2) is 0 Å². The molecular formula is C16H17FN2O2S. The highest BCUT2D eigenvalue weighted by atomic mass is 32.2. The number of halogens is 1. The smallest absolute Gasteiger partial charge is 0.262 e. The van der Waals surface area contributed by atoms with Crippen LogP contribution in [0.4, 0.5) is 15.8 Å². The van der Waals surface area contributed by atoms with Crippen molar-refractivity contribution in [2.45, 2.75) is 18.2 Å². The standard InChI is InChI=1S/C16H17FN2O2S/c1-11-9-13(17)4-6-16(11)22(20,21)18-14-5-3-12-7-8-19(2)15(12)10-14/h3-6,9-10,18H,7-8H2,1-2H3. The number of anilines is 2. The Balaban J connectivity index is 1.93. The fraction of sp³-hybridized carbons (Fsp3) is 0.250. The molecule has 1 heterocycles. The second kappa shape index (κ2) is 5.28. The minimum absolute atomic E-state index is 0.0859. The summed E-state index contributed by atoms with van der Waals surface area (Å²) >= 11 is 0. The van der Waals surface area contributed by atoms with Crippen molar-refractivity contribution in [2.75, 3.05) is 23.2 Å². The van der Waals surface area contributed by atoms with E-state index in [1.165, 1.54) is 17.7 Å². The Morgan fingerprint density at radius 2 is 1.95 bits per heavy atom. The Hall–Kier alpha value is -2.08. The number of nitrogens with zero attached hydrogens (tertiary/aromatic N) is 1. The average Bonchev–Trinajstić information content (AvgIpc) is 2.79. The van der Waals surface area contributed by atoms with Gasteiger partial charge in [0, 0.05) is 19.3 Å². The molecule has 0 saturated heterocycles. The first-order valence-electron chi connectivity index (χ1n) is 7.00. The number of hydrogen-bond acceptors (Lipinski definition) is 3. The molecule has 116 valence electrons. The summed E-state index contributed by atoms with van der Waals surface area (Å²) in [6, 6.07) is 9.18. The fourth-order valence-electron chi connectivity index (χ4n) is 2.73. The third-order valence-corrected chi connectivity index (χ3v) is 5.43. The molecule has 0 atom stereocenters. The molecule has 0 saturated carbocycles. The SMILES string of the molecule is Cc1cc(F)ccc1S(=O)(=O)Nc1ccc2c(c1)N(C)CC2. The van der Waals surface area contributed by atoms with Gasteiger partial charge in [-0.05, 0) is 54.8 Å². The number of hydrogen-bond donors (Lipinski definition) is 1. The zero-order chi connectivity index (χ0) is 15.9. The monoisotopic (exact) mass is 320 g/mol. The highest BCUT2D eigenvalue weighted by Crippen LogP contribution is 2.30. The van der Waals surface area contributed by atoms with Crippen LogP contribution in [0, 0.1) is 12.7 Å². The van der Waals surface area contributed by atoms with Gasteiger partial charge in [-0.25, -0.2) is 12.8 Å². The van der Waals surface area contributed by atoms with Gasteiger partial charge in [-0.1, -0.05) is 6.07 Å². The van der Waals surface area contributed by atoms with E-state index in [9.17, 15) is 12.8 Å². The molecule has 2 aromatic rings. The van der Waals surface area contributed by atoms with Crippen LogP contribution in [0.3, 0.4) is 0 Å². The van der Waals surface area contributed by atoms with Crippen LogP contribution >= 0.6 is 0 Å². The van der Waals surface area contributed by atoms with Crippen molar-refractivity contribution >= 4 is 21.4 Å². The number of aryl methyl sites for hydroxylation is 1. The molecule has 0 spiro atoms. The Labute approximate surface area is 129 Å². The number of likely N-dealkylation sites (N-methyl/N-ethyl adjacent to an activating group) is 1. The maximum Gasteiger partial charge on any atom is 0.262 e. The largest absolute Gasteiger partial charge is 0.374 e. The lowest BCUT2D eigenvalue weighted by atomic mass is 10.1. The summed E-state index contributed by atoms with van der Waals surface area (Å²) in [4.78, 5) is 2.18. The van der Waals surface area contributed by atoms with E-state index in [0.29, 0.717) is 11.3 Å². The Morgan fingerprint density at radius 1 is 1.18 bits per heavy atom. The number of benzene rings is 2. The van der Waals surface area contributed by atoms with Gasteiger partial charge < -0.3 is 4.90 Å². The minimum Gasteiger partial charge on any atom is -0.374 e. The summed E-state index contributed by atoms with van der Waals surface area (Å²) < 4.78 is 40.6. The van der Waals surface area contributed by atoms with Crippen LogP contribution in [0.15, 0.2) is 41.3 Å². The van der Waals surface area contributed by atoms with Crippen LogP contribution in [0.25, 0.3) is 0 Å². The average molecular weight is 320 g/mol. The van der Waals surface area contributed by atoms with Gasteiger partial charge in [0.1, 0.15) is 5.82 Å². The summed E-state index contributed by atoms with van der Waals surface area (Å²) in [5.74, 6) is -0.449. The summed E-state index contributed by atoms with van der Waals surface area (Å²) in [7, 11) is -1.75. The van der Waals surface area contributed by atoms with Crippen molar-refractivity contribution in [3.63, 3.8) is 0 Å². The van der Waals surface area contributed by atoms with E-state index in [2.05, 4.69) is 9.62 Å². The molecule has 0 aromatic heterocycles. The normalized spacial score (nSPS) is 14.0. The van der Waals surface area contributed by atoms with E-state index in [1.807, 2.05) is 19.2 Å². The molecule has 22 heavy (non-hydrogen) atoms. The molecule has 4 nitrogen and oxygen atoms in total. The van der Waals surface area contributed by atoms with E-state index in [0.717, 1.165) is 24.7 Å². The first-order valence-corrected chi connectivity index (χ1v) is 8.48. The number of fused-ring (bicyclic) bond motifs is 1. The van der Waals surface area contributed by atoms with E-state index in [4.69, 9.17) is 0 Å². The van der Waals surface area contributed by atoms with Crippen molar-refractivity contribution in [1.82, 2.24) is 0 Å². The van der Waals surface area contributed by atoms with Crippen LogP contribution in [-0.4, -0.2) is 22.0 Å². The second-order valence-corrected chi connectivity index (χ2v) is 7.18. The van der Waals surface area contributed by atoms with Crippen LogP contribution in [-0.2, 0) is 16.4 Å². The molecule has 1 aliphatic rings. The maximum atomic E-state index is 13.1. The predicted molar refractivity (Wildman–Crippen MR) is 85.4 cm³/mol. The van der Waals surface area contributed by atoms with Gasteiger partial charge in [0.25, 0.3) is 10.0 Å². The minimum atomic E-state index is -3.73. The van der Waals surface area contributed by atoms with Crippen molar-refractivity contribution in [3.8, 4) is 0 Å². The van der Waals surface area contributed by atoms with E-state index >= 15 is 0 Å². The predicted octanol–water partition coefficient (Wildman–Crippen LogP) is 2.93. The van der Waals surface area contributed by atoms with E-state index < -0.39 is 15.8 Å². The van der Waals surface area contributed by atoms with Crippen LogP contribution in [0.5, 0.6) is 0 Å². The molecule has 0 bridgehead atoms. The second-order valence-electron chi connectivity index (χ2n) is 5.53. The molecule has 1 N–H and O–H groups in total. The fourth-order valence-corrected chi connectivity index (χ4v) is 4.00. The Bertz CT molecular complexity index is 834. The molecule has 0 amide bonds. The zero-order valence-electron chi connectivity index (χ0n) is 12.4. The lowest BCUT2D eigenvalue weighted by Gasteiger charge is -2.15. The van der Waals surface area contributed by atoms with E-state index in [-0.39, 0.29) is 4.90 Å². The maximum absolute atomic E-state index is 13.1. The lowest BCUT2D eigenvalue weighted by molar-refractivity contribution is 0.598. The quantitative estimate of drug-likeness (QED) is 0.946. The van der Waals surface area contributed by atoms with Gasteiger partial charge in [0.2, 0.25) is 0 Å². The molecular weight excluding hydrogens is 303 g/mol. The van der Waals surface area contributed by atoms with E-state index in [1.54, 1.807) is 13.0 Å². The van der Waals surface area contributed by atoms with Gasteiger partial charge in [-0.3, -0.25) is 4.72 Å². The summed E-state index contributed by atoms with van der Waals surface area (Å²) in [6.07, 6.45) is 0.968. The van der Waals surface area contributed by atoms with Gasteiger partial charge in [0.05, 0.1) is 10.6 Å². The highest BCUT2D eigenvalue weighted by molar-refractivity contribution is 7.92. The zero-order valence-corrected chi connectivity index (χ0v) is 13.2. The first kappa shape index (κ1) is 14.8. The summed E-state index contributed by atoms with van der Waals surface area (Å²) in [5.41, 5.74) is 3.14. The number of rotatable bonds is 3. The molecule has 2 aromatic carbocycles. The van der Waals surface area contributed by atoms with Crippen molar-refractivity contribution in [2.24, 2.45) is 0 Å². The molecule has 0 aliphatic carbocycles. The summed E-state index contributed by atoms with van der Waals surface area (Å²) in [5, 5.41) is 0. The topological polar surface area (TPSA) is 49.4 Å². The van der Waals surface area contributed by atoms with Gasteiger partial charge >= 0.3 is 0 Å². The Kier molecular flexibility index (Phi) is 3.56. The number of sulfonamides is 1. The van der Waals surface area contributed by atoms with Crippen molar-refractivity contribution in [1.29, 1.82) is 0 Å². The molecule has 1 aliphatic heterocycles.